The first kappa shape index (κ1) is 25.6. The fourth-order valence-electron chi connectivity index (χ4n) is 3.59. The van der Waals surface area contributed by atoms with Gasteiger partial charge in [-0.15, -0.1) is 0 Å². The maximum Gasteiger partial charge on any atom is 0.353 e. The van der Waals surface area contributed by atoms with Crippen LogP contribution in [0, 0.1) is 0 Å². The molecule has 0 bridgehead atoms. The number of nitrogens with zero attached hydrogens (tertiary/aromatic N) is 2. The maximum absolute atomic E-state index is 11.8. The molecule has 0 radical (unpaired) electrons. The van der Waals surface area contributed by atoms with Crippen molar-refractivity contribution in [1.82, 2.24) is 9.55 Å². The lowest BCUT2D eigenvalue weighted by atomic mass is 10.1. The van der Waals surface area contributed by atoms with Gasteiger partial charge in [0.1, 0.15) is 6.23 Å². The molecule has 3 rings (SSSR count). The van der Waals surface area contributed by atoms with Crippen LogP contribution in [0.1, 0.15) is 90.7 Å². The lowest BCUT2D eigenvalue weighted by Crippen LogP contribution is -2.27. The van der Waals surface area contributed by atoms with Gasteiger partial charge in [0.25, 0.3) is 0 Å². The molecule has 3 heterocycles. The van der Waals surface area contributed by atoms with Gasteiger partial charge in [-0.1, -0.05) is 58.8 Å². The molecule has 7 heteroatoms. The van der Waals surface area contributed by atoms with Crippen molar-refractivity contribution in [3.8, 4) is 0 Å². The molecule has 1 aliphatic rings. The largest absolute Gasteiger partial charge is 0.446 e. The fourth-order valence-corrected chi connectivity index (χ4v) is 3.59. The molecule has 2 atom stereocenters. The first-order chi connectivity index (χ1) is 15.2. The first-order valence-corrected chi connectivity index (χ1v) is 12.0. The number of aliphatic hydroxyl groups is 1. The molecule has 1 aliphatic heterocycles. The molecule has 0 aromatic carbocycles. The lowest BCUT2D eigenvalue weighted by molar-refractivity contribution is -0.0243. The summed E-state index contributed by atoms with van der Waals surface area (Å²) in [6.07, 6.45) is 16.2. The van der Waals surface area contributed by atoms with Crippen molar-refractivity contribution in [3.63, 3.8) is 0 Å². The van der Waals surface area contributed by atoms with Crippen molar-refractivity contribution >= 4 is 11.1 Å². The van der Waals surface area contributed by atoms with Crippen LogP contribution in [0.15, 0.2) is 27.7 Å². The molecule has 7 nitrogen and oxygen atoms in total. The van der Waals surface area contributed by atoms with Gasteiger partial charge in [-0.05, 0) is 31.7 Å². The summed E-state index contributed by atoms with van der Waals surface area (Å²) < 4.78 is 17.6. The van der Waals surface area contributed by atoms with Gasteiger partial charge >= 0.3 is 5.69 Å². The molecule has 0 aliphatic carbocycles. The average Bonchev–Trinajstić information content (AvgIpc) is 3.44. The molecule has 2 aromatic rings. The molecule has 2 unspecified atom stereocenters. The van der Waals surface area contributed by atoms with Gasteiger partial charge in [-0.3, -0.25) is 4.57 Å². The van der Waals surface area contributed by atoms with E-state index < -0.39 is 5.69 Å². The minimum Gasteiger partial charge on any atom is -0.446 e. The molecular weight excluding hydrogens is 396 g/mol. The summed E-state index contributed by atoms with van der Waals surface area (Å²) in [5, 5.41) is 9.76. The smallest absolute Gasteiger partial charge is 0.353 e. The van der Waals surface area contributed by atoms with Crippen molar-refractivity contribution in [3.05, 3.63) is 29.0 Å². The van der Waals surface area contributed by atoms with E-state index >= 15 is 0 Å². The second-order valence-electron chi connectivity index (χ2n) is 8.17. The van der Waals surface area contributed by atoms with E-state index in [9.17, 15) is 4.79 Å². The van der Waals surface area contributed by atoms with Gasteiger partial charge in [0.2, 0.25) is 5.71 Å². The maximum atomic E-state index is 11.8. The normalized spacial score (nSPS) is 18.3. The summed E-state index contributed by atoms with van der Waals surface area (Å²) in [5.41, 5.74) is -0.0565. The van der Waals surface area contributed by atoms with Gasteiger partial charge in [0.15, 0.2) is 0 Å². The number of hydrogen-bond donors (Lipinski definition) is 1. The van der Waals surface area contributed by atoms with Crippen LogP contribution in [0.5, 0.6) is 0 Å². The van der Waals surface area contributed by atoms with Crippen molar-refractivity contribution in [1.29, 1.82) is 0 Å². The summed E-state index contributed by atoms with van der Waals surface area (Å²) in [5.74, 6) is 0. The summed E-state index contributed by atoms with van der Waals surface area (Å²) in [6, 6.07) is 1.75. The zero-order chi connectivity index (χ0) is 22.3. The number of aromatic nitrogens is 2. The summed E-state index contributed by atoms with van der Waals surface area (Å²) in [6.45, 7) is 6.39. The van der Waals surface area contributed by atoms with Gasteiger partial charge in [0.05, 0.1) is 24.4 Å². The van der Waals surface area contributed by atoms with Crippen LogP contribution in [0.3, 0.4) is 0 Å². The fraction of sp³-hybridized carbons (Fsp3) is 0.750. The zero-order valence-electron chi connectivity index (χ0n) is 19.3. The highest BCUT2D eigenvalue weighted by Crippen LogP contribution is 2.27. The molecular formula is C24H40N2O5. The second-order valence-corrected chi connectivity index (χ2v) is 8.17. The Labute approximate surface area is 185 Å². The predicted octanol–water partition coefficient (Wildman–Crippen LogP) is 5.21. The second kappa shape index (κ2) is 15.2. The Morgan fingerprint density at radius 1 is 1.06 bits per heavy atom. The van der Waals surface area contributed by atoms with E-state index in [0.717, 1.165) is 25.0 Å². The van der Waals surface area contributed by atoms with Crippen molar-refractivity contribution in [2.45, 2.75) is 96.8 Å². The Hall–Kier alpha value is -1.70. The van der Waals surface area contributed by atoms with Crippen molar-refractivity contribution in [2.24, 2.45) is 0 Å². The Bertz CT molecular complexity index is 761. The molecule has 176 valence electrons. The number of fused-ring (bicyclic) bond motifs is 1. The molecule has 31 heavy (non-hydrogen) atoms. The highest BCUT2D eigenvalue weighted by Gasteiger charge is 2.27. The standard InChI is InChI=1S/C13H28O.C11H12N2O4/c1-3-5-7-8-9-10-11-13-14-12-6-4-2;14-6-8-1-2-9(17-8)13-5-7-3-4-16-10(7)12-11(13)15/h3-13H2,1-2H3;3-5,8-9,14H,1-2,6H2. The quantitative estimate of drug-likeness (QED) is 0.434. The summed E-state index contributed by atoms with van der Waals surface area (Å²) in [4.78, 5) is 15.6. The van der Waals surface area contributed by atoms with E-state index in [1.165, 1.54) is 68.6 Å². The SMILES string of the molecule is CCCCCCCCCOCCCC.O=c1nc2occc2cn1C1CCC(CO)O1. The minimum atomic E-state index is -0.393. The number of hydrogen-bond acceptors (Lipinski definition) is 6. The Kier molecular flexibility index (Phi) is 12.5. The highest BCUT2D eigenvalue weighted by atomic mass is 16.5. The van der Waals surface area contributed by atoms with Crippen molar-refractivity contribution in [2.75, 3.05) is 19.8 Å². The van der Waals surface area contributed by atoms with Crippen LogP contribution >= 0.6 is 0 Å². The van der Waals surface area contributed by atoms with Crippen molar-refractivity contribution < 1.29 is 19.0 Å². The van der Waals surface area contributed by atoms with Crippen LogP contribution in [0.4, 0.5) is 0 Å². The van der Waals surface area contributed by atoms with E-state index in [4.69, 9.17) is 19.0 Å². The van der Waals surface area contributed by atoms with Gasteiger partial charge < -0.3 is 19.0 Å². The molecule has 0 amide bonds. The van der Waals surface area contributed by atoms with E-state index in [1.54, 1.807) is 12.3 Å². The van der Waals surface area contributed by atoms with E-state index in [2.05, 4.69) is 18.8 Å². The third-order valence-electron chi connectivity index (χ3n) is 5.50. The Balaban J connectivity index is 0.000000226. The molecule has 0 saturated carbocycles. The average molecular weight is 437 g/mol. The highest BCUT2D eigenvalue weighted by molar-refractivity contribution is 5.71. The minimum absolute atomic E-state index is 0.0212. The van der Waals surface area contributed by atoms with Gasteiger partial charge in [0, 0.05) is 19.4 Å². The number of ether oxygens (including phenoxy) is 2. The van der Waals surface area contributed by atoms with Crippen LogP contribution in [-0.2, 0) is 9.47 Å². The number of aliphatic hydroxyl groups excluding tert-OH is 1. The predicted molar refractivity (Wildman–Crippen MR) is 122 cm³/mol. The van der Waals surface area contributed by atoms with Crippen LogP contribution in [0.2, 0.25) is 0 Å². The third kappa shape index (κ3) is 9.13. The zero-order valence-corrected chi connectivity index (χ0v) is 19.3. The van der Waals surface area contributed by atoms with E-state index in [-0.39, 0.29) is 18.9 Å². The monoisotopic (exact) mass is 436 g/mol. The lowest BCUT2D eigenvalue weighted by Gasteiger charge is -2.14. The van der Waals surface area contributed by atoms with Gasteiger partial charge in [-0.2, -0.15) is 4.98 Å². The topological polar surface area (TPSA) is 86.7 Å². The van der Waals surface area contributed by atoms with Crippen LogP contribution in [0.25, 0.3) is 11.1 Å². The summed E-state index contributed by atoms with van der Waals surface area (Å²) in [7, 11) is 0. The van der Waals surface area contributed by atoms with E-state index in [1.807, 2.05) is 0 Å². The molecule has 2 aromatic heterocycles. The van der Waals surface area contributed by atoms with Gasteiger partial charge in [-0.25, -0.2) is 4.79 Å². The molecule has 1 saturated heterocycles. The molecule has 1 fully saturated rings. The first-order valence-electron chi connectivity index (χ1n) is 12.0. The summed E-state index contributed by atoms with van der Waals surface area (Å²) >= 11 is 0. The van der Waals surface area contributed by atoms with E-state index in [0.29, 0.717) is 12.1 Å². The Morgan fingerprint density at radius 2 is 1.77 bits per heavy atom. The van der Waals surface area contributed by atoms with Crippen LogP contribution in [-0.4, -0.2) is 40.6 Å². The number of furan rings is 1. The van der Waals surface area contributed by atoms with Crippen LogP contribution < -0.4 is 5.69 Å². The number of unbranched alkanes of at least 4 members (excludes halogenated alkanes) is 7. The Morgan fingerprint density at radius 3 is 2.48 bits per heavy atom. The number of rotatable bonds is 13. The molecule has 1 N–H and O–H groups in total. The molecule has 0 spiro atoms. The third-order valence-corrected chi connectivity index (χ3v) is 5.50.